The molecule has 24 heavy (non-hydrogen) atoms. The molecular formula is C17H17N3O3S. The van der Waals surface area contributed by atoms with E-state index in [1.54, 1.807) is 16.7 Å². The summed E-state index contributed by atoms with van der Waals surface area (Å²) in [5.41, 5.74) is 1.43. The first-order valence-electron chi connectivity index (χ1n) is 7.83. The molecule has 3 aromatic rings. The molecule has 0 fully saturated rings. The third kappa shape index (κ3) is 2.37. The lowest BCUT2D eigenvalue weighted by molar-refractivity contribution is 0.368. The van der Waals surface area contributed by atoms with Crippen LogP contribution in [0.1, 0.15) is 6.92 Å². The summed E-state index contributed by atoms with van der Waals surface area (Å²) in [4.78, 5) is 4.33. The largest absolute Gasteiger partial charge is 0.457 e. The summed E-state index contributed by atoms with van der Waals surface area (Å²) in [6.07, 6.45) is 0. The maximum absolute atomic E-state index is 12.6. The second-order valence-electron chi connectivity index (χ2n) is 5.61. The molecule has 7 heteroatoms. The molecule has 4 rings (SSSR count). The lowest BCUT2D eigenvalue weighted by atomic mass is 10.3. The van der Waals surface area contributed by atoms with Crippen LogP contribution in [0.3, 0.4) is 0 Å². The van der Waals surface area contributed by atoms with E-state index in [0.717, 1.165) is 11.3 Å². The summed E-state index contributed by atoms with van der Waals surface area (Å²) in [5.74, 6) is 1.40. The molecule has 0 saturated carbocycles. The lowest BCUT2D eigenvalue weighted by Crippen LogP contribution is -2.39. The normalized spacial score (nSPS) is 16.9. The van der Waals surface area contributed by atoms with Crippen LogP contribution in [0.2, 0.25) is 0 Å². The van der Waals surface area contributed by atoms with Gasteiger partial charge in [0.2, 0.25) is 5.16 Å². The highest BCUT2D eigenvalue weighted by Gasteiger charge is 2.33. The number of fused-ring (bicyclic) bond motifs is 3. The molecule has 124 valence electrons. The van der Waals surface area contributed by atoms with Crippen molar-refractivity contribution in [3.05, 3.63) is 48.5 Å². The Morgan fingerprint density at radius 2 is 1.88 bits per heavy atom. The fourth-order valence-electron chi connectivity index (χ4n) is 2.96. The highest BCUT2D eigenvalue weighted by Crippen LogP contribution is 2.30. The molecule has 0 atom stereocenters. The van der Waals surface area contributed by atoms with E-state index < -0.39 is 10.0 Å². The van der Waals surface area contributed by atoms with Crippen LogP contribution < -0.4 is 4.74 Å². The van der Waals surface area contributed by atoms with Gasteiger partial charge in [0.05, 0.1) is 11.0 Å². The van der Waals surface area contributed by atoms with E-state index in [-0.39, 0.29) is 5.16 Å². The van der Waals surface area contributed by atoms with E-state index in [1.165, 1.54) is 4.31 Å². The summed E-state index contributed by atoms with van der Waals surface area (Å²) in [6, 6.07) is 14.9. The van der Waals surface area contributed by atoms with Gasteiger partial charge in [0.25, 0.3) is 10.0 Å². The van der Waals surface area contributed by atoms with Gasteiger partial charge in [-0.15, -0.1) is 0 Å². The zero-order chi connectivity index (χ0) is 16.7. The first-order valence-corrected chi connectivity index (χ1v) is 9.27. The van der Waals surface area contributed by atoms with E-state index in [0.29, 0.717) is 30.9 Å². The van der Waals surface area contributed by atoms with Gasteiger partial charge in [-0.25, -0.2) is 13.4 Å². The Kier molecular flexibility index (Phi) is 3.54. The summed E-state index contributed by atoms with van der Waals surface area (Å²) < 4.78 is 34.2. The van der Waals surface area contributed by atoms with E-state index in [1.807, 2.05) is 43.3 Å². The summed E-state index contributed by atoms with van der Waals surface area (Å²) in [5, 5.41) is 0.113. The number of imidazole rings is 1. The van der Waals surface area contributed by atoms with Crippen molar-refractivity contribution >= 4 is 21.1 Å². The Morgan fingerprint density at radius 3 is 2.62 bits per heavy atom. The maximum atomic E-state index is 12.6. The van der Waals surface area contributed by atoms with Crippen molar-refractivity contribution in [3.63, 3.8) is 0 Å². The molecule has 0 N–H and O–H groups in total. The number of sulfonamides is 1. The van der Waals surface area contributed by atoms with Crippen molar-refractivity contribution < 1.29 is 13.2 Å². The van der Waals surface area contributed by atoms with Gasteiger partial charge in [-0.1, -0.05) is 25.1 Å². The monoisotopic (exact) mass is 343 g/mol. The van der Waals surface area contributed by atoms with Crippen LogP contribution in [-0.2, 0) is 16.6 Å². The fourth-order valence-corrected chi connectivity index (χ4v) is 4.53. The van der Waals surface area contributed by atoms with Gasteiger partial charge in [-0.2, -0.15) is 4.31 Å². The number of nitrogens with zero attached hydrogens (tertiary/aromatic N) is 3. The van der Waals surface area contributed by atoms with E-state index in [9.17, 15) is 8.42 Å². The zero-order valence-corrected chi connectivity index (χ0v) is 14.0. The highest BCUT2D eigenvalue weighted by molar-refractivity contribution is 7.89. The number of para-hydroxylation sites is 1. The van der Waals surface area contributed by atoms with Gasteiger partial charge in [0, 0.05) is 25.7 Å². The molecule has 0 amide bonds. The average Bonchev–Trinajstić information content (AvgIpc) is 2.95. The topological polar surface area (TPSA) is 64.4 Å². The van der Waals surface area contributed by atoms with Crippen molar-refractivity contribution in [2.24, 2.45) is 0 Å². The van der Waals surface area contributed by atoms with Gasteiger partial charge in [0.1, 0.15) is 11.5 Å². The molecule has 6 nitrogen and oxygen atoms in total. The van der Waals surface area contributed by atoms with Gasteiger partial charge in [0.15, 0.2) is 0 Å². The zero-order valence-electron chi connectivity index (χ0n) is 13.2. The van der Waals surface area contributed by atoms with Gasteiger partial charge >= 0.3 is 0 Å². The minimum atomic E-state index is -3.52. The van der Waals surface area contributed by atoms with E-state index >= 15 is 0 Å². The third-order valence-electron chi connectivity index (χ3n) is 4.16. The van der Waals surface area contributed by atoms with Crippen molar-refractivity contribution in [1.82, 2.24) is 13.9 Å². The molecule has 0 unspecified atom stereocenters. The van der Waals surface area contributed by atoms with Crippen molar-refractivity contribution in [2.45, 2.75) is 18.6 Å². The van der Waals surface area contributed by atoms with Crippen molar-refractivity contribution in [3.8, 4) is 11.5 Å². The third-order valence-corrected chi connectivity index (χ3v) is 6.05. The van der Waals surface area contributed by atoms with Crippen LogP contribution in [0, 0.1) is 0 Å². The number of ether oxygens (including phenoxy) is 1. The number of hydrogen-bond acceptors (Lipinski definition) is 4. The number of likely N-dealkylation sites (N-methyl/N-ethyl adjacent to an activating group) is 1. The van der Waals surface area contributed by atoms with E-state index in [2.05, 4.69) is 4.98 Å². The molecule has 1 aromatic heterocycles. The molecule has 0 bridgehead atoms. The predicted molar refractivity (Wildman–Crippen MR) is 90.7 cm³/mol. The Balaban J connectivity index is 1.79. The highest BCUT2D eigenvalue weighted by atomic mass is 32.2. The minimum absolute atomic E-state index is 0.113. The first-order chi connectivity index (χ1) is 11.6. The Labute approximate surface area is 140 Å². The summed E-state index contributed by atoms with van der Waals surface area (Å²) >= 11 is 0. The average molecular weight is 343 g/mol. The van der Waals surface area contributed by atoms with Gasteiger partial charge in [-0.05, 0) is 24.3 Å². The molecule has 0 radical (unpaired) electrons. The van der Waals surface area contributed by atoms with Crippen molar-refractivity contribution in [1.29, 1.82) is 0 Å². The maximum Gasteiger partial charge on any atom is 0.277 e. The van der Waals surface area contributed by atoms with Gasteiger partial charge in [-0.3, -0.25) is 0 Å². The van der Waals surface area contributed by atoms with Crippen LogP contribution in [-0.4, -0.2) is 35.4 Å². The fraction of sp³-hybridized carbons (Fsp3) is 0.235. The smallest absolute Gasteiger partial charge is 0.277 e. The predicted octanol–water partition coefficient (Wildman–Crippen LogP) is 2.85. The van der Waals surface area contributed by atoms with Crippen LogP contribution >= 0.6 is 0 Å². The van der Waals surface area contributed by atoms with Gasteiger partial charge < -0.3 is 9.30 Å². The van der Waals surface area contributed by atoms with Crippen LogP contribution in [0.4, 0.5) is 0 Å². The van der Waals surface area contributed by atoms with Crippen LogP contribution in [0.15, 0.2) is 53.7 Å². The Hall–Kier alpha value is -2.38. The number of aromatic nitrogens is 2. The molecule has 1 aliphatic heterocycles. The minimum Gasteiger partial charge on any atom is -0.457 e. The molecule has 0 spiro atoms. The number of rotatable bonds is 3. The Bertz CT molecular complexity index is 997. The second kappa shape index (κ2) is 5.61. The summed E-state index contributed by atoms with van der Waals surface area (Å²) in [7, 11) is -3.52. The second-order valence-corrected chi connectivity index (χ2v) is 7.44. The van der Waals surface area contributed by atoms with Crippen LogP contribution in [0.5, 0.6) is 11.5 Å². The van der Waals surface area contributed by atoms with Crippen molar-refractivity contribution in [2.75, 3.05) is 13.1 Å². The molecule has 2 heterocycles. The molecule has 2 aromatic carbocycles. The molecular weight excluding hydrogens is 326 g/mol. The molecule has 1 aliphatic rings. The lowest BCUT2D eigenvalue weighted by Gasteiger charge is -2.25. The number of benzene rings is 2. The molecule has 0 saturated heterocycles. The standard InChI is InChI=1S/C17H17N3O3S/c1-2-19-10-11-20-16-12-14(23-13-6-4-3-5-7-13)8-9-15(16)18-17(20)24(19,21)22/h3-9,12H,2,10-11H2,1H3. The van der Waals surface area contributed by atoms with E-state index in [4.69, 9.17) is 4.74 Å². The summed E-state index contributed by atoms with van der Waals surface area (Å²) in [6.45, 7) is 3.34. The Morgan fingerprint density at radius 1 is 1.08 bits per heavy atom. The SMILES string of the molecule is CCN1CCn2c(nc3ccc(Oc4ccccc4)cc32)S1(=O)=O. The quantitative estimate of drug-likeness (QED) is 0.733. The number of hydrogen-bond donors (Lipinski definition) is 0. The first kappa shape index (κ1) is 15.2. The molecule has 0 aliphatic carbocycles. The van der Waals surface area contributed by atoms with Crippen LogP contribution in [0.25, 0.3) is 11.0 Å².